The van der Waals surface area contributed by atoms with Crippen molar-refractivity contribution in [2.75, 3.05) is 7.11 Å². The van der Waals surface area contributed by atoms with Crippen LogP contribution >= 0.6 is 0 Å². The number of halogens is 4. The number of ether oxygens (including phenoxy) is 1. The Labute approximate surface area is 170 Å². The van der Waals surface area contributed by atoms with E-state index in [0.29, 0.717) is 5.56 Å². The fraction of sp³-hybridized carbons (Fsp3) is 0.273. The van der Waals surface area contributed by atoms with Gasteiger partial charge in [-0.05, 0) is 36.2 Å². The highest BCUT2D eigenvalue weighted by Crippen LogP contribution is 2.39. The summed E-state index contributed by atoms with van der Waals surface area (Å²) in [4.78, 5) is 26.7. The number of rotatable bonds is 4. The molecule has 1 aliphatic heterocycles. The number of hydrogen-bond donors (Lipinski definition) is 0. The Morgan fingerprint density at radius 2 is 1.87 bits per heavy atom. The zero-order chi connectivity index (χ0) is 22.1. The number of carbonyl (C=O) groups is 2. The van der Waals surface area contributed by atoms with Gasteiger partial charge in [0.2, 0.25) is 5.91 Å². The Kier molecular flexibility index (Phi) is 5.96. The number of hydrogen-bond acceptors (Lipinski definition) is 3. The number of allylic oxidation sites excluding steroid dienone is 1. The van der Waals surface area contributed by atoms with E-state index < -0.39 is 29.4 Å². The first-order valence-electron chi connectivity index (χ1n) is 9.13. The fourth-order valence-electron chi connectivity index (χ4n) is 3.61. The average molecular weight is 421 g/mol. The summed E-state index contributed by atoms with van der Waals surface area (Å²) in [5, 5.41) is 0. The predicted molar refractivity (Wildman–Crippen MR) is 100 cm³/mol. The third kappa shape index (κ3) is 4.37. The highest BCUT2D eigenvalue weighted by Gasteiger charge is 2.38. The molecule has 1 amide bonds. The van der Waals surface area contributed by atoms with E-state index in [1.165, 1.54) is 49.3 Å². The van der Waals surface area contributed by atoms with Crippen LogP contribution < -0.4 is 0 Å². The minimum atomic E-state index is -4.55. The van der Waals surface area contributed by atoms with Crippen LogP contribution in [0.3, 0.4) is 0 Å². The molecule has 0 saturated heterocycles. The summed E-state index contributed by atoms with van der Waals surface area (Å²) in [5.41, 5.74) is 0.224. The van der Waals surface area contributed by atoms with Gasteiger partial charge in [-0.25, -0.2) is 9.18 Å². The molecule has 0 N–H and O–H groups in total. The molecule has 0 radical (unpaired) electrons. The summed E-state index contributed by atoms with van der Waals surface area (Å²) >= 11 is 0. The number of alkyl halides is 3. The zero-order valence-electron chi connectivity index (χ0n) is 16.3. The molecule has 158 valence electrons. The predicted octanol–water partition coefficient (Wildman–Crippen LogP) is 4.81. The molecule has 0 spiro atoms. The zero-order valence-corrected chi connectivity index (χ0v) is 16.3. The van der Waals surface area contributed by atoms with Crippen LogP contribution in [0.15, 0.2) is 59.8 Å². The van der Waals surface area contributed by atoms with Crippen molar-refractivity contribution in [3.8, 4) is 0 Å². The maximum atomic E-state index is 13.5. The van der Waals surface area contributed by atoms with E-state index in [9.17, 15) is 27.2 Å². The summed E-state index contributed by atoms with van der Waals surface area (Å²) in [5.74, 6) is -2.46. The van der Waals surface area contributed by atoms with Crippen LogP contribution in [-0.4, -0.2) is 23.9 Å². The molecule has 1 atom stereocenters. The SMILES string of the molecule is COC(=O)C1=C(C)N(Cc2cccc(F)c2)C(=O)CC1c1cccc(C(F)(F)F)c1. The van der Waals surface area contributed by atoms with Gasteiger partial charge in [0.05, 0.1) is 24.8 Å². The maximum absolute atomic E-state index is 13.5. The second kappa shape index (κ2) is 8.30. The van der Waals surface area contributed by atoms with Crippen molar-refractivity contribution in [1.82, 2.24) is 4.90 Å². The highest BCUT2D eigenvalue weighted by atomic mass is 19.4. The summed E-state index contributed by atoms with van der Waals surface area (Å²) in [6.45, 7) is 1.56. The van der Waals surface area contributed by atoms with Gasteiger partial charge in [0, 0.05) is 18.0 Å². The first-order chi connectivity index (χ1) is 14.1. The molecule has 2 aromatic carbocycles. The topological polar surface area (TPSA) is 46.6 Å². The molecule has 4 nitrogen and oxygen atoms in total. The average Bonchev–Trinajstić information content (AvgIpc) is 2.69. The molecule has 0 saturated carbocycles. The van der Waals surface area contributed by atoms with Gasteiger partial charge in [-0.1, -0.05) is 30.3 Å². The van der Waals surface area contributed by atoms with Crippen molar-refractivity contribution in [3.63, 3.8) is 0 Å². The largest absolute Gasteiger partial charge is 0.466 e. The molecule has 1 unspecified atom stereocenters. The number of benzene rings is 2. The minimum absolute atomic E-state index is 0.0260. The minimum Gasteiger partial charge on any atom is -0.466 e. The molecular formula is C22H19F4NO3. The van der Waals surface area contributed by atoms with E-state index in [1.54, 1.807) is 6.07 Å². The lowest BCUT2D eigenvalue weighted by molar-refractivity contribution is -0.138. The van der Waals surface area contributed by atoms with Crippen molar-refractivity contribution >= 4 is 11.9 Å². The Morgan fingerprint density at radius 1 is 1.17 bits per heavy atom. The second-order valence-corrected chi connectivity index (χ2v) is 6.98. The van der Waals surface area contributed by atoms with Gasteiger partial charge < -0.3 is 9.64 Å². The third-order valence-electron chi connectivity index (χ3n) is 5.07. The molecule has 0 aromatic heterocycles. The van der Waals surface area contributed by atoms with Gasteiger partial charge in [-0.3, -0.25) is 4.79 Å². The van der Waals surface area contributed by atoms with Gasteiger partial charge in [0.25, 0.3) is 0 Å². The number of nitrogens with zero attached hydrogens (tertiary/aromatic N) is 1. The number of amides is 1. The summed E-state index contributed by atoms with van der Waals surface area (Å²) in [6, 6.07) is 10.3. The van der Waals surface area contributed by atoms with Gasteiger partial charge in [0.1, 0.15) is 5.82 Å². The number of esters is 1. The standard InChI is InChI=1S/C22H19F4NO3/c1-13-20(21(29)30-2)18(15-6-4-7-16(10-15)22(24,25)26)11-19(28)27(13)12-14-5-3-8-17(23)9-14/h3-10,18H,11-12H2,1-2H3. The third-order valence-corrected chi connectivity index (χ3v) is 5.07. The summed E-state index contributed by atoms with van der Waals surface area (Å²) in [7, 11) is 1.17. The smallest absolute Gasteiger partial charge is 0.416 e. The molecule has 3 rings (SSSR count). The quantitative estimate of drug-likeness (QED) is 0.526. The van der Waals surface area contributed by atoms with Gasteiger partial charge >= 0.3 is 12.1 Å². The highest BCUT2D eigenvalue weighted by molar-refractivity contribution is 5.95. The van der Waals surface area contributed by atoms with Crippen molar-refractivity contribution in [2.45, 2.75) is 32.0 Å². The van der Waals surface area contributed by atoms with Crippen LogP contribution in [0.2, 0.25) is 0 Å². The Balaban J connectivity index is 2.05. The van der Waals surface area contributed by atoms with Crippen LogP contribution in [0.5, 0.6) is 0 Å². The lowest BCUT2D eigenvalue weighted by Crippen LogP contribution is -2.38. The summed E-state index contributed by atoms with van der Waals surface area (Å²) < 4.78 is 57.8. The van der Waals surface area contributed by atoms with E-state index >= 15 is 0 Å². The molecule has 1 aliphatic rings. The van der Waals surface area contributed by atoms with Crippen molar-refractivity contribution in [1.29, 1.82) is 0 Å². The first-order valence-corrected chi connectivity index (χ1v) is 9.13. The normalized spacial score (nSPS) is 17.3. The van der Waals surface area contributed by atoms with E-state index in [4.69, 9.17) is 4.74 Å². The first kappa shape index (κ1) is 21.5. The molecule has 0 bridgehead atoms. The summed E-state index contributed by atoms with van der Waals surface area (Å²) in [6.07, 6.45) is -4.76. The monoisotopic (exact) mass is 421 g/mol. The Morgan fingerprint density at radius 3 is 2.50 bits per heavy atom. The molecule has 2 aromatic rings. The lowest BCUT2D eigenvalue weighted by atomic mass is 9.83. The molecule has 8 heteroatoms. The van der Waals surface area contributed by atoms with E-state index in [2.05, 4.69) is 0 Å². The molecular weight excluding hydrogens is 402 g/mol. The molecule has 0 aliphatic carbocycles. The maximum Gasteiger partial charge on any atom is 0.416 e. The fourth-order valence-corrected chi connectivity index (χ4v) is 3.61. The van der Waals surface area contributed by atoms with Gasteiger partial charge in [-0.2, -0.15) is 13.2 Å². The van der Waals surface area contributed by atoms with Crippen LogP contribution in [-0.2, 0) is 27.0 Å². The van der Waals surface area contributed by atoms with Gasteiger partial charge in [0.15, 0.2) is 0 Å². The number of carbonyl (C=O) groups excluding carboxylic acids is 2. The van der Waals surface area contributed by atoms with Crippen LogP contribution in [0.4, 0.5) is 17.6 Å². The van der Waals surface area contributed by atoms with Gasteiger partial charge in [-0.15, -0.1) is 0 Å². The number of methoxy groups -OCH3 is 1. The van der Waals surface area contributed by atoms with E-state index in [0.717, 1.165) is 12.1 Å². The van der Waals surface area contributed by atoms with E-state index in [-0.39, 0.29) is 35.7 Å². The van der Waals surface area contributed by atoms with Crippen molar-refractivity contribution < 1.29 is 31.9 Å². The van der Waals surface area contributed by atoms with Crippen LogP contribution in [0.1, 0.15) is 36.0 Å². The lowest BCUT2D eigenvalue weighted by Gasteiger charge is -2.34. The van der Waals surface area contributed by atoms with E-state index in [1.807, 2.05) is 0 Å². The second-order valence-electron chi connectivity index (χ2n) is 6.98. The van der Waals surface area contributed by atoms with Crippen LogP contribution in [0, 0.1) is 5.82 Å². The van der Waals surface area contributed by atoms with Crippen LogP contribution in [0.25, 0.3) is 0 Å². The Hall–Kier alpha value is -3.16. The Bertz CT molecular complexity index is 1010. The molecule has 30 heavy (non-hydrogen) atoms. The van der Waals surface area contributed by atoms with Crippen molar-refractivity contribution in [3.05, 3.63) is 82.3 Å². The molecule has 0 fully saturated rings. The van der Waals surface area contributed by atoms with Crippen molar-refractivity contribution in [2.24, 2.45) is 0 Å². The molecule has 1 heterocycles.